The number of benzene rings is 2. The molecule has 2 heterocycles. The lowest BCUT2D eigenvalue weighted by Crippen LogP contribution is -2.55. The van der Waals surface area contributed by atoms with E-state index >= 15 is 0 Å². The molecule has 2 unspecified atom stereocenters. The molecule has 2 aliphatic carbocycles. The number of hydrogen-bond acceptors (Lipinski definition) is 5. The van der Waals surface area contributed by atoms with Crippen LogP contribution in [0.5, 0.6) is 0 Å². The number of hydrogen-bond donors (Lipinski definition) is 3. The van der Waals surface area contributed by atoms with Gasteiger partial charge < -0.3 is 20.2 Å². The Hall–Kier alpha value is -3.30. The van der Waals surface area contributed by atoms with Crippen LogP contribution in [0.1, 0.15) is 75.3 Å². The van der Waals surface area contributed by atoms with E-state index in [9.17, 15) is 19.6 Å². The Bertz CT molecular complexity index is 1290. The van der Waals surface area contributed by atoms with E-state index in [1.54, 1.807) is 12.1 Å². The molecule has 9 heteroatoms. The summed E-state index contributed by atoms with van der Waals surface area (Å²) in [5.41, 5.74) is 2.79. The Balaban J connectivity index is 1.08. The minimum atomic E-state index is -0.653. The number of amides is 2. The van der Waals surface area contributed by atoms with Crippen molar-refractivity contribution in [3.63, 3.8) is 0 Å². The molecule has 2 amide bonds. The molecule has 0 spiro atoms. The van der Waals surface area contributed by atoms with E-state index < -0.39 is 5.97 Å². The van der Waals surface area contributed by atoms with Crippen LogP contribution in [0.25, 0.3) is 0 Å². The van der Waals surface area contributed by atoms with Crippen molar-refractivity contribution in [2.75, 3.05) is 32.7 Å². The minimum absolute atomic E-state index is 0.00632. The Kier molecular flexibility index (Phi) is 10.1. The predicted octanol–water partition coefficient (Wildman–Crippen LogP) is 4.30. The van der Waals surface area contributed by atoms with Gasteiger partial charge in [-0.1, -0.05) is 68.7 Å². The molecule has 2 aliphatic heterocycles. The van der Waals surface area contributed by atoms with Crippen molar-refractivity contribution >= 4 is 17.7 Å². The number of carboxylic acids is 1. The Labute approximate surface area is 267 Å². The highest BCUT2D eigenvalue weighted by Gasteiger charge is 2.46. The topological polar surface area (TPSA) is 107 Å². The van der Waals surface area contributed by atoms with Crippen LogP contribution in [0.2, 0.25) is 0 Å². The average Bonchev–Trinajstić information content (AvgIpc) is 3.64. The second kappa shape index (κ2) is 14.4. The van der Waals surface area contributed by atoms with E-state index in [-0.39, 0.29) is 24.0 Å². The van der Waals surface area contributed by atoms with E-state index in [0.717, 1.165) is 83.2 Å². The van der Waals surface area contributed by atoms with Crippen molar-refractivity contribution in [2.45, 2.75) is 88.9 Å². The van der Waals surface area contributed by atoms with Gasteiger partial charge in [-0.05, 0) is 61.0 Å². The lowest BCUT2D eigenvalue weighted by Gasteiger charge is -2.40. The van der Waals surface area contributed by atoms with Crippen molar-refractivity contribution in [1.82, 2.24) is 20.0 Å². The summed E-state index contributed by atoms with van der Waals surface area (Å²) in [5.74, 6) is 0.819. The monoisotopic (exact) mass is 616 g/mol. The first-order chi connectivity index (χ1) is 21.9. The highest BCUT2D eigenvalue weighted by Crippen LogP contribution is 2.40. The molecule has 9 nitrogen and oxygen atoms in total. The zero-order valence-electron chi connectivity index (χ0n) is 26.7. The van der Waals surface area contributed by atoms with E-state index in [2.05, 4.69) is 57.3 Å². The van der Waals surface area contributed by atoms with Crippen molar-refractivity contribution in [1.29, 1.82) is 0 Å². The molecule has 5 atom stereocenters. The number of aliphatic carboxylic acids is 1. The quantitative estimate of drug-likeness (QED) is 0.348. The molecule has 0 aromatic heterocycles. The van der Waals surface area contributed by atoms with Crippen LogP contribution in [0, 0.1) is 22.7 Å². The first-order valence-electron chi connectivity index (χ1n) is 17.2. The maximum absolute atomic E-state index is 13.5. The standard InChI is InChI=1S/C36H49N5O4/c1-25-20-33(25)41(36(44)37-21-26-12-14-30(38-45)15-13-26)31-16-18-39(19-17-31)22-29-23-40(24-32(29)27-8-4-2-5-9-27)34(35(42)43)28-10-6-3-7-11-28/h2,4-5,8-9,12-15,25,28-29,31-34H,3,6-7,10-11,16-24H2,1H3,(H,37,44)(H,42,43)/p+1/t25?,29-,32+,33?,34+/m0/s1. The number of nitrogens with one attached hydrogen (secondary N) is 2. The number of carbonyl (C=O) groups excluding carboxylic acids is 1. The first-order valence-corrected chi connectivity index (χ1v) is 17.2. The lowest BCUT2D eigenvalue weighted by atomic mass is 9.83. The molecule has 2 aromatic rings. The van der Waals surface area contributed by atoms with Gasteiger partial charge in [0.25, 0.3) is 5.69 Å². The molecular weight excluding hydrogens is 566 g/mol. The fourth-order valence-electron chi connectivity index (χ4n) is 8.45. The van der Waals surface area contributed by atoms with E-state index in [0.29, 0.717) is 36.0 Å². The Morgan fingerprint density at radius 3 is 2.29 bits per heavy atom. The van der Waals surface area contributed by atoms with Gasteiger partial charge in [-0.25, -0.2) is 4.79 Å². The third kappa shape index (κ3) is 7.58. The highest BCUT2D eigenvalue weighted by atomic mass is 16.4. The third-order valence-corrected chi connectivity index (χ3v) is 11.1. The fraction of sp³-hybridized carbons (Fsp3) is 0.611. The minimum Gasteiger partial charge on any atom is -0.480 e. The summed E-state index contributed by atoms with van der Waals surface area (Å²) in [5, 5.41) is 15.4. The van der Waals surface area contributed by atoms with Crippen molar-refractivity contribution < 1.29 is 19.9 Å². The highest BCUT2D eigenvalue weighted by molar-refractivity contribution is 5.75. The van der Waals surface area contributed by atoms with Gasteiger partial charge in [0.15, 0.2) is 0 Å². The molecule has 242 valence electrons. The van der Waals surface area contributed by atoms with Crippen molar-refractivity contribution in [3.05, 3.63) is 70.6 Å². The molecule has 3 N–H and O–H groups in total. The van der Waals surface area contributed by atoms with Crippen molar-refractivity contribution in [3.8, 4) is 0 Å². The number of urea groups is 1. The maximum atomic E-state index is 13.5. The van der Waals surface area contributed by atoms with E-state index in [1.165, 1.54) is 12.0 Å². The third-order valence-electron chi connectivity index (χ3n) is 11.1. The summed E-state index contributed by atoms with van der Waals surface area (Å²) in [6.07, 6.45) is 8.52. The predicted molar refractivity (Wildman–Crippen MR) is 174 cm³/mol. The van der Waals surface area contributed by atoms with Crippen LogP contribution in [0.3, 0.4) is 0 Å². The molecule has 4 fully saturated rings. The number of carboxylic acid groups (broad SMARTS) is 1. The number of nitrogens with zero attached hydrogens (tertiary/aromatic N) is 3. The average molecular weight is 617 g/mol. The molecule has 2 aromatic carbocycles. The number of nitroso groups, excluding NO2 is 1. The first kappa shape index (κ1) is 31.7. The molecule has 0 radical (unpaired) electrons. The van der Waals surface area contributed by atoms with Gasteiger partial charge in [-0.15, -0.1) is 0 Å². The molecule has 0 bridgehead atoms. The molecule has 2 saturated carbocycles. The Morgan fingerprint density at radius 1 is 0.978 bits per heavy atom. The number of likely N-dealkylation sites (tertiary alicyclic amines) is 2. The van der Waals surface area contributed by atoms with Gasteiger partial charge >= 0.3 is 12.0 Å². The summed E-state index contributed by atoms with van der Waals surface area (Å²) in [6.45, 7) is 7.15. The molecular formula is C36H50N5O4+. The summed E-state index contributed by atoms with van der Waals surface area (Å²) in [6, 6.07) is 18.0. The van der Waals surface area contributed by atoms with Gasteiger partial charge in [0.2, 0.25) is 0 Å². The number of piperidine rings is 1. The van der Waals surface area contributed by atoms with Gasteiger partial charge in [0.05, 0.1) is 0 Å². The van der Waals surface area contributed by atoms with Gasteiger partial charge in [-0.2, -0.15) is 0 Å². The van der Waals surface area contributed by atoms with Crippen LogP contribution in [-0.4, -0.2) is 82.7 Å². The van der Waals surface area contributed by atoms with Gasteiger partial charge in [0, 0.05) is 79.5 Å². The molecule has 4 aliphatic rings. The normalized spacial score (nSPS) is 27.1. The zero-order valence-corrected chi connectivity index (χ0v) is 26.7. The van der Waals surface area contributed by atoms with Crippen molar-refractivity contribution in [2.24, 2.45) is 17.8 Å². The summed E-state index contributed by atoms with van der Waals surface area (Å²) < 4.78 is 0. The largest absolute Gasteiger partial charge is 0.480 e. The maximum Gasteiger partial charge on any atom is 0.321 e. The zero-order chi connectivity index (χ0) is 31.3. The number of rotatable bonds is 11. The summed E-state index contributed by atoms with van der Waals surface area (Å²) >= 11 is 0. The lowest BCUT2D eigenvalue weighted by molar-refractivity contribution is -0.379. The summed E-state index contributed by atoms with van der Waals surface area (Å²) in [7, 11) is 0. The van der Waals surface area contributed by atoms with Crippen LogP contribution in [0.15, 0.2) is 54.6 Å². The second-order valence-corrected chi connectivity index (χ2v) is 14.1. The van der Waals surface area contributed by atoms with Gasteiger partial charge in [0.1, 0.15) is 6.04 Å². The van der Waals surface area contributed by atoms with Crippen LogP contribution < -0.4 is 10.5 Å². The van der Waals surface area contributed by atoms with E-state index in [1.807, 2.05) is 17.3 Å². The van der Waals surface area contributed by atoms with E-state index in [4.69, 9.17) is 0 Å². The van der Waals surface area contributed by atoms with Crippen LogP contribution >= 0.6 is 0 Å². The summed E-state index contributed by atoms with van der Waals surface area (Å²) in [4.78, 5) is 44.0. The fourth-order valence-corrected chi connectivity index (χ4v) is 8.45. The SMILES string of the molecule is CC1CC1N(C(=O)NCc1ccc([NH+]=O)cc1)C1CCN(C[C@H]2CN([C@@H](C(=O)O)C3CCCCC3)C[C@@H]2c2ccccc2)CC1. The van der Waals surface area contributed by atoms with Gasteiger partial charge in [-0.3, -0.25) is 9.69 Å². The second-order valence-electron chi connectivity index (χ2n) is 14.1. The molecule has 45 heavy (non-hydrogen) atoms. The smallest absolute Gasteiger partial charge is 0.321 e. The molecule has 6 rings (SSSR count). The van der Waals surface area contributed by atoms with Crippen LogP contribution in [0.4, 0.5) is 10.5 Å². The van der Waals surface area contributed by atoms with Crippen LogP contribution in [-0.2, 0) is 11.3 Å². The molecule has 2 saturated heterocycles. The Morgan fingerprint density at radius 2 is 1.67 bits per heavy atom. The number of carbonyl (C=O) groups is 2.